The average Bonchev–Trinajstić information content (AvgIpc) is 3.18. The lowest BCUT2D eigenvalue weighted by Crippen LogP contribution is -2.21. The first-order valence-electron chi connectivity index (χ1n) is 10.5. The van der Waals surface area contributed by atoms with Crippen LogP contribution in [0.1, 0.15) is 48.2 Å². The summed E-state index contributed by atoms with van der Waals surface area (Å²) in [5, 5.41) is 4.87. The van der Waals surface area contributed by atoms with Gasteiger partial charge in [-0.15, -0.1) is 11.3 Å². The van der Waals surface area contributed by atoms with E-state index in [1.54, 1.807) is 24.4 Å². The Bertz CT molecular complexity index is 1160. The predicted octanol–water partition coefficient (Wildman–Crippen LogP) is 6.94. The predicted molar refractivity (Wildman–Crippen MR) is 133 cm³/mol. The van der Waals surface area contributed by atoms with E-state index in [9.17, 15) is 14.0 Å². The monoisotopic (exact) mass is 533 g/mol. The number of amides is 1. The molecule has 1 aromatic heterocycles. The van der Waals surface area contributed by atoms with Crippen molar-refractivity contribution in [2.45, 2.75) is 33.6 Å². The minimum absolute atomic E-state index is 0.189. The van der Waals surface area contributed by atoms with Gasteiger partial charge in [0.05, 0.1) is 6.61 Å². The van der Waals surface area contributed by atoms with Crippen LogP contribution in [0.2, 0.25) is 0 Å². The lowest BCUT2D eigenvalue weighted by molar-refractivity contribution is -0.118. The second-order valence-corrected chi connectivity index (χ2v) is 9.45. The maximum absolute atomic E-state index is 13.3. The number of esters is 1. The topological polar surface area (TPSA) is 64.6 Å². The molecule has 174 valence electrons. The number of thiophene rings is 1. The first-order valence-corrected chi connectivity index (χ1v) is 12.2. The van der Waals surface area contributed by atoms with Gasteiger partial charge in [-0.25, -0.2) is 9.18 Å². The molecule has 0 aliphatic rings. The maximum atomic E-state index is 13.3. The molecule has 2 aromatic carbocycles. The van der Waals surface area contributed by atoms with Crippen LogP contribution in [0.15, 0.2) is 46.3 Å². The summed E-state index contributed by atoms with van der Waals surface area (Å²) in [6, 6.07) is 9.70. The van der Waals surface area contributed by atoms with Crippen molar-refractivity contribution in [1.29, 1.82) is 0 Å². The van der Waals surface area contributed by atoms with Crippen molar-refractivity contribution >= 4 is 44.1 Å². The van der Waals surface area contributed by atoms with E-state index in [0.717, 1.165) is 15.6 Å². The summed E-state index contributed by atoms with van der Waals surface area (Å²) in [6.07, 6.45) is 0. The van der Waals surface area contributed by atoms with Crippen LogP contribution in [0.4, 0.5) is 9.39 Å². The number of carbonyl (C=O) groups is 2. The van der Waals surface area contributed by atoms with E-state index < -0.39 is 11.9 Å². The van der Waals surface area contributed by atoms with E-state index in [0.29, 0.717) is 21.9 Å². The third-order valence-corrected chi connectivity index (χ3v) is 6.70. The molecule has 0 fully saturated rings. The Balaban J connectivity index is 1.82. The first kappa shape index (κ1) is 24.9. The van der Waals surface area contributed by atoms with Crippen molar-refractivity contribution in [3.8, 4) is 16.9 Å². The summed E-state index contributed by atoms with van der Waals surface area (Å²) in [5.74, 6) is -0.472. The number of benzene rings is 2. The Kier molecular flexibility index (Phi) is 8.26. The molecule has 3 rings (SSSR count). The molecule has 1 N–H and O–H groups in total. The van der Waals surface area contributed by atoms with Gasteiger partial charge in [-0.3, -0.25) is 4.79 Å². The van der Waals surface area contributed by atoms with Gasteiger partial charge in [0.2, 0.25) is 0 Å². The molecular weight excluding hydrogens is 509 g/mol. The Hall–Kier alpha value is -2.71. The SMILES string of the molecule is CCOC(=O)c1c(-c2ccc(F)cc2)csc1NC(=O)COc1cc(C)c(Br)cc1C(C)C. The zero-order valence-corrected chi connectivity index (χ0v) is 21.2. The van der Waals surface area contributed by atoms with Crippen LogP contribution in [0.3, 0.4) is 0 Å². The second-order valence-electron chi connectivity index (χ2n) is 7.71. The van der Waals surface area contributed by atoms with Gasteiger partial charge >= 0.3 is 5.97 Å². The van der Waals surface area contributed by atoms with E-state index >= 15 is 0 Å². The minimum Gasteiger partial charge on any atom is -0.483 e. The minimum atomic E-state index is -0.556. The standard InChI is InChI=1S/C25H25BrFNO4S/c1-5-31-25(30)23-19(16-6-8-17(27)9-7-16)13-33-24(23)28-22(29)12-32-21-10-15(4)20(26)11-18(21)14(2)3/h6-11,13-14H,5,12H2,1-4H3,(H,28,29). The molecule has 0 aliphatic heterocycles. The number of anilines is 1. The number of hydrogen-bond donors (Lipinski definition) is 1. The van der Waals surface area contributed by atoms with Gasteiger partial charge in [0, 0.05) is 15.4 Å². The number of carbonyl (C=O) groups excluding carboxylic acids is 2. The highest BCUT2D eigenvalue weighted by Gasteiger charge is 2.23. The van der Waals surface area contributed by atoms with Crippen molar-refractivity contribution in [2.24, 2.45) is 0 Å². The molecular formula is C25H25BrFNO4S. The van der Waals surface area contributed by atoms with Crippen LogP contribution in [0.25, 0.3) is 11.1 Å². The van der Waals surface area contributed by atoms with Crippen LogP contribution < -0.4 is 10.1 Å². The molecule has 0 spiro atoms. The number of ether oxygens (including phenoxy) is 2. The average molecular weight is 534 g/mol. The van der Waals surface area contributed by atoms with Crippen molar-refractivity contribution in [2.75, 3.05) is 18.5 Å². The molecule has 0 unspecified atom stereocenters. The van der Waals surface area contributed by atoms with Gasteiger partial charge in [0.25, 0.3) is 5.91 Å². The van der Waals surface area contributed by atoms with Crippen molar-refractivity contribution in [3.63, 3.8) is 0 Å². The van der Waals surface area contributed by atoms with Gasteiger partial charge in [0.1, 0.15) is 22.1 Å². The van der Waals surface area contributed by atoms with Crippen molar-refractivity contribution in [3.05, 3.63) is 68.8 Å². The molecule has 33 heavy (non-hydrogen) atoms. The van der Waals surface area contributed by atoms with E-state index in [-0.39, 0.29) is 30.5 Å². The van der Waals surface area contributed by atoms with Crippen LogP contribution in [-0.2, 0) is 9.53 Å². The summed E-state index contributed by atoms with van der Waals surface area (Å²) in [4.78, 5) is 25.4. The van der Waals surface area contributed by atoms with E-state index in [1.165, 1.54) is 23.5 Å². The highest BCUT2D eigenvalue weighted by Crippen LogP contribution is 2.37. The number of rotatable bonds is 8. The van der Waals surface area contributed by atoms with Crippen LogP contribution in [-0.4, -0.2) is 25.1 Å². The molecule has 0 radical (unpaired) electrons. The summed E-state index contributed by atoms with van der Waals surface area (Å²) in [7, 11) is 0. The van der Waals surface area contributed by atoms with Gasteiger partial charge in [0.15, 0.2) is 6.61 Å². The van der Waals surface area contributed by atoms with Gasteiger partial charge in [-0.2, -0.15) is 0 Å². The first-order chi connectivity index (χ1) is 15.7. The van der Waals surface area contributed by atoms with Crippen LogP contribution in [0, 0.1) is 12.7 Å². The van der Waals surface area contributed by atoms with Gasteiger partial charge in [-0.05, 0) is 60.7 Å². The molecule has 1 amide bonds. The highest BCUT2D eigenvalue weighted by atomic mass is 79.9. The molecule has 0 bridgehead atoms. The molecule has 3 aromatic rings. The summed E-state index contributed by atoms with van der Waals surface area (Å²) in [5.41, 5.74) is 3.45. The Morgan fingerprint density at radius 3 is 2.52 bits per heavy atom. The number of halogens is 2. The molecule has 0 aliphatic carbocycles. The fourth-order valence-corrected chi connectivity index (χ4v) is 4.58. The molecule has 8 heteroatoms. The Morgan fingerprint density at radius 1 is 1.18 bits per heavy atom. The number of nitrogens with one attached hydrogen (secondary N) is 1. The second kappa shape index (κ2) is 10.9. The molecule has 0 saturated carbocycles. The normalized spacial score (nSPS) is 10.9. The number of hydrogen-bond acceptors (Lipinski definition) is 5. The smallest absolute Gasteiger partial charge is 0.341 e. The summed E-state index contributed by atoms with van der Waals surface area (Å²) < 4.78 is 25.4. The third-order valence-electron chi connectivity index (χ3n) is 4.95. The summed E-state index contributed by atoms with van der Waals surface area (Å²) in [6.45, 7) is 7.74. The van der Waals surface area contributed by atoms with Crippen molar-refractivity contribution < 1.29 is 23.5 Å². The number of aryl methyl sites for hydroxylation is 1. The lowest BCUT2D eigenvalue weighted by atomic mass is 10.0. The van der Waals surface area contributed by atoms with Gasteiger partial charge in [-0.1, -0.05) is 41.9 Å². The maximum Gasteiger partial charge on any atom is 0.341 e. The zero-order valence-electron chi connectivity index (χ0n) is 18.8. The van der Waals surface area contributed by atoms with E-state index in [2.05, 4.69) is 35.1 Å². The Morgan fingerprint density at radius 2 is 1.88 bits per heavy atom. The summed E-state index contributed by atoms with van der Waals surface area (Å²) >= 11 is 4.74. The fourth-order valence-electron chi connectivity index (χ4n) is 3.25. The van der Waals surface area contributed by atoms with Crippen LogP contribution >= 0.6 is 27.3 Å². The lowest BCUT2D eigenvalue weighted by Gasteiger charge is -2.16. The molecule has 5 nitrogen and oxygen atoms in total. The molecule has 0 atom stereocenters. The largest absolute Gasteiger partial charge is 0.483 e. The Labute approximate surface area is 205 Å². The third kappa shape index (κ3) is 6.00. The fraction of sp³-hybridized carbons (Fsp3) is 0.280. The molecule has 0 saturated heterocycles. The van der Waals surface area contributed by atoms with Crippen molar-refractivity contribution in [1.82, 2.24) is 0 Å². The molecule has 1 heterocycles. The van der Waals surface area contributed by atoms with Gasteiger partial charge < -0.3 is 14.8 Å². The van der Waals surface area contributed by atoms with E-state index in [4.69, 9.17) is 9.47 Å². The van der Waals surface area contributed by atoms with Crippen LogP contribution in [0.5, 0.6) is 5.75 Å². The highest BCUT2D eigenvalue weighted by molar-refractivity contribution is 9.10. The zero-order chi connectivity index (χ0) is 24.1. The quantitative estimate of drug-likeness (QED) is 0.318. The van der Waals surface area contributed by atoms with E-state index in [1.807, 2.05) is 19.1 Å².